The number of ether oxygens (including phenoxy) is 3. The van der Waals surface area contributed by atoms with Crippen LogP contribution in [0.5, 0.6) is 5.75 Å². The van der Waals surface area contributed by atoms with Crippen LogP contribution >= 0.6 is 0 Å². The first-order valence-corrected chi connectivity index (χ1v) is 6.05. The number of nitrogens with zero attached hydrogens (tertiary/aromatic N) is 2. The van der Waals surface area contributed by atoms with Crippen molar-refractivity contribution in [3.05, 3.63) is 34.7 Å². The van der Waals surface area contributed by atoms with Gasteiger partial charge in [-0.3, -0.25) is 9.78 Å². The molecule has 0 aliphatic carbocycles. The lowest BCUT2D eigenvalue weighted by atomic mass is 10.3. The predicted octanol–water partition coefficient (Wildman–Crippen LogP) is 1.62. The number of rotatable bonds is 6. The largest absolute Gasteiger partial charge is 0.433 e. The monoisotopic (exact) mass is 300 g/mol. The SMILES string of the molecule is COC(Cn1c(=O)ccc2ncc(OC(F)F)cc21)OC. The van der Waals surface area contributed by atoms with Crippen molar-refractivity contribution in [2.24, 2.45) is 0 Å². The number of methoxy groups -OCH3 is 2. The molecule has 0 fully saturated rings. The van der Waals surface area contributed by atoms with Gasteiger partial charge in [0.15, 0.2) is 6.29 Å². The van der Waals surface area contributed by atoms with Crippen LogP contribution in [0.25, 0.3) is 11.0 Å². The zero-order valence-electron chi connectivity index (χ0n) is 11.5. The highest BCUT2D eigenvalue weighted by Gasteiger charge is 2.13. The Labute approximate surface area is 118 Å². The van der Waals surface area contributed by atoms with E-state index in [-0.39, 0.29) is 17.9 Å². The fourth-order valence-electron chi connectivity index (χ4n) is 1.90. The quantitative estimate of drug-likeness (QED) is 0.759. The maximum absolute atomic E-state index is 12.3. The lowest BCUT2D eigenvalue weighted by molar-refractivity contribution is -0.110. The molecule has 114 valence electrons. The molecule has 0 amide bonds. The van der Waals surface area contributed by atoms with Crippen molar-refractivity contribution in [2.75, 3.05) is 14.2 Å². The van der Waals surface area contributed by atoms with Crippen LogP contribution in [0.1, 0.15) is 0 Å². The average molecular weight is 300 g/mol. The summed E-state index contributed by atoms with van der Waals surface area (Å²) < 4.78 is 40.3. The molecule has 21 heavy (non-hydrogen) atoms. The zero-order chi connectivity index (χ0) is 15.4. The highest BCUT2D eigenvalue weighted by Crippen LogP contribution is 2.19. The van der Waals surface area contributed by atoms with E-state index in [0.717, 1.165) is 0 Å². The van der Waals surface area contributed by atoms with Crippen LogP contribution in [-0.4, -0.2) is 36.7 Å². The predicted molar refractivity (Wildman–Crippen MR) is 70.4 cm³/mol. The summed E-state index contributed by atoms with van der Waals surface area (Å²) in [6.07, 6.45) is 0.529. The van der Waals surface area contributed by atoms with Crippen LogP contribution in [0, 0.1) is 0 Å². The van der Waals surface area contributed by atoms with Crippen molar-refractivity contribution in [2.45, 2.75) is 19.4 Å². The minimum absolute atomic E-state index is 0.100. The Hall–Kier alpha value is -2.06. The fourth-order valence-corrected chi connectivity index (χ4v) is 1.90. The Bertz CT molecular complexity index is 671. The van der Waals surface area contributed by atoms with Crippen molar-refractivity contribution in [1.82, 2.24) is 9.55 Å². The van der Waals surface area contributed by atoms with Crippen LogP contribution in [0.3, 0.4) is 0 Å². The molecule has 0 N–H and O–H groups in total. The molecule has 2 heterocycles. The summed E-state index contributed by atoms with van der Waals surface area (Å²) in [5.74, 6) is -0.122. The lowest BCUT2D eigenvalue weighted by Gasteiger charge is -2.17. The standard InChI is InChI=1S/C13H14F2N2O4/c1-19-12(20-2)7-17-10-5-8(21-13(14)15)6-16-9(10)3-4-11(17)18/h3-6,12-13H,7H2,1-2H3. The number of halogens is 2. The van der Waals surface area contributed by atoms with Crippen molar-refractivity contribution >= 4 is 11.0 Å². The maximum atomic E-state index is 12.3. The molecule has 0 atom stereocenters. The molecule has 2 aromatic rings. The van der Waals surface area contributed by atoms with Crippen LogP contribution in [0.4, 0.5) is 8.78 Å². The van der Waals surface area contributed by atoms with Crippen molar-refractivity contribution in [1.29, 1.82) is 0 Å². The second-order valence-corrected chi connectivity index (χ2v) is 4.14. The number of hydrogen-bond donors (Lipinski definition) is 0. The zero-order valence-corrected chi connectivity index (χ0v) is 11.5. The van der Waals surface area contributed by atoms with Gasteiger partial charge in [0.25, 0.3) is 5.56 Å². The van der Waals surface area contributed by atoms with Crippen LogP contribution in [0.15, 0.2) is 29.2 Å². The van der Waals surface area contributed by atoms with Crippen molar-refractivity contribution in [3.63, 3.8) is 0 Å². The van der Waals surface area contributed by atoms with E-state index in [0.29, 0.717) is 11.0 Å². The molecule has 8 heteroatoms. The smallest absolute Gasteiger partial charge is 0.387 e. The summed E-state index contributed by atoms with van der Waals surface area (Å²) in [6.45, 7) is -2.86. The topological polar surface area (TPSA) is 62.6 Å². The molecule has 2 rings (SSSR count). The number of pyridine rings is 2. The third-order valence-corrected chi connectivity index (χ3v) is 2.90. The van der Waals surface area contributed by atoms with Gasteiger partial charge < -0.3 is 18.8 Å². The Kier molecular flexibility index (Phi) is 4.81. The molecule has 0 aliphatic rings. The Morgan fingerprint density at radius 1 is 1.29 bits per heavy atom. The van der Waals surface area contributed by atoms with E-state index in [2.05, 4.69) is 9.72 Å². The molecule has 6 nitrogen and oxygen atoms in total. The summed E-state index contributed by atoms with van der Waals surface area (Å²) in [5, 5.41) is 0. The van der Waals surface area contributed by atoms with Crippen LogP contribution in [0.2, 0.25) is 0 Å². The second-order valence-electron chi connectivity index (χ2n) is 4.14. The van der Waals surface area contributed by atoms with Gasteiger partial charge in [0.05, 0.1) is 23.8 Å². The van der Waals surface area contributed by atoms with Crippen LogP contribution in [-0.2, 0) is 16.0 Å². The Morgan fingerprint density at radius 2 is 2.00 bits per heavy atom. The Balaban J connectivity index is 2.50. The molecular weight excluding hydrogens is 286 g/mol. The molecule has 0 spiro atoms. The molecule has 0 saturated carbocycles. The van der Waals surface area contributed by atoms with Gasteiger partial charge in [0.1, 0.15) is 5.75 Å². The first-order valence-electron chi connectivity index (χ1n) is 6.05. The van der Waals surface area contributed by atoms with Gasteiger partial charge in [-0.25, -0.2) is 0 Å². The van der Waals surface area contributed by atoms with E-state index in [1.165, 1.54) is 43.2 Å². The van der Waals surface area contributed by atoms with Crippen LogP contribution < -0.4 is 10.3 Å². The molecule has 2 aromatic heterocycles. The maximum Gasteiger partial charge on any atom is 0.387 e. The number of aromatic nitrogens is 2. The molecule has 0 radical (unpaired) electrons. The van der Waals surface area contributed by atoms with E-state index < -0.39 is 12.9 Å². The fraction of sp³-hybridized carbons (Fsp3) is 0.385. The molecule has 0 unspecified atom stereocenters. The van der Waals surface area contributed by atoms with E-state index in [4.69, 9.17) is 9.47 Å². The minimum Gasteiger partial charge on any atom is -0.433 e. The third-order valence-electron chi connectivity index (χ3n) is 2.90. The minimum atomic E-state index is -2.96. The molecule has 0 aromatic carbocycles. The van der Waals surface area contributed by atoms with E-state index in [1.54, 1.807) is 0 Å². The van der Waals surface area contributed by atoms with Gasteiger partial charge in [-0.05, 0) is 6.07 Å². The number of fused-ring (bicyclic) bond motifs is 1. The first kappa shape index (κ1) is 15.3. The second kappa shape index (κ2) is 6.59. The molecule has 0 saturated heterocycles. The van der Waals surface area contributed by atoms with Gasteiger partial charge in [-0.2, -0.15) is 8.78 Å². The van der Waals surface area contributed by atoms with Crippen molar-refractivity contribution in [3.8, 4) is 5.75 Å². The summed E-state index contributed by atoms with van der Waals surface area (Å²) >= 11 is 0. The molecule has 0 aliphatic heterocycles. The summed E-state index contributed by atoms with van der Waals surface area (Å²) in [6, 6.07) is 4.18. The van der Waals surface area contributed by atoms with Gasteiger partial charge in [-0.1, -0.05) is 0 Å². The van der Waals surface area contributed by atoms with Gasteiger partial charge in [0, 0.05) is 26.4 Å². The van der Waals surface area contributed by atoms with E-state index in [9.17, 15) is 13.6 Å². The number of hydrogen-bond acceptors (Lipinski definition) is 5. The lowest BCUT2D eigenvalue weighted by Crippen LogP contribution is -2.28. The van der Waals surface area contributed by atoms with Gasteiger partial charge in [-0.15, -0.1) is 0 Å². The average Bonchev–Trinajstić information content (AvgIpc) is 2.46. The van der Waals surface area contributed by atoms with Crippen molar-refractivity contribution < 1.29 is 23.0 Å². The van der Waals surface area contributed by atoms with Gasteiger partial charge >= 0.3 is 6.61 Å². The van der Waals surface area contributed by atoms with E-state index >= 15 is 0 Å². The first-order chi connectivity index (χ1) is 10.0. The highest BCUT2D eigenvalue weighted by atomic mass is 19.3. The number of alkyl halides is 2. The molecular formula is C13H14F2N2O4. The summed E-state index contributed by atoms with van der Waals surface area (Å²) in [5.41, 5.74) is 0.513. The molecule has 0 bridgehead atoms. The highest BCUT2D eigenvalue weighted by molar-refractivity contribution is 5.75. The van der Waals surface area contributed by atoms with Gasteiger partial charge in [0.2, 0.25) is 0 Å². The third kappa shape index (κ3) is 3.53. The summed E-state index contributed by atoms with van der Waals surface area (Å²) in [4.78, 5) is 16.0. The van der Waals surface area contributed by atoms with E-state index in [1.807, 2.05) is 0 Å². The Morgan fingerprint density at radius 3 is 2.62 bits per heavy atom. The normalized spacial score (nSPS) is 11.5. The summed E-state index contributed by atoms with van der Waals surface area (Å²) in [7, 11) is 2.88.